The molecule has 3 N–H and O–H groups in total. The molecule has 138 valence electrons. The van der Waals surface area contributed by atoms with Gasteiger partial charge in [-0.25, -0.2) is 0 Å². The third kappa shape index (κ3) is 3.57. The minimum absolute atomic E-state index is 0.0157. The minimum atomic E-state index is -4.26. The molecule has 0 fully saturated rings. The zero-order chi connectivity index (χ0) is 19.8. The van der Waals surface area contributed by atoms with Crippen molar-refractivity contribution in [1.82, 2.24) is 0 Å². The summed E-state index contributed by atoms with van der Waals surface area (Å²) < 4.78 is 31.0. The number of nitro benzene ring substituents is 1. The van der Waals surface area contributed by atoms with Crippen LogP contribution < -0.4 is 5.32 Å². The van der Waals surface area contributed by atoms with E-state index in [0.717, 1.165) is 0 Å². The maximum Gasteiger partial charge on any atom is 0.295 e. The molecule has 3 aromatic carbocycles. The monoisotopic (exact) mass is 388 g/mol. The number of nitrogens with zero attached hydrogens (tertiary/aromatic N) is 1. The quantitative estimate of drug-likeness (QED) is 0.347. The first-order valence-corrected chi connectivity index (χ1v) is 8.90. The number of hydrogen-bond acceptors (Lipinski definition) is 6. The van der Waals surface area contributed by atoms with E-state index in [1.807, 2.05) is 0 Å². The van der Waals surface area contributed by atoms with Gasteiger partial charge in [-0.2, -0.15) is 8.42 Å². The van der Waals surface area contributed by atoms with Gasteiger partial charge in [0.1, 0.15) is 16.3 Å². The number of hydrogen-bond donors (Lipinski definition) is 3. The molecular weight excluding hydrogens is 376 g/mol. The van der Waals surface area contributed by atoms with Crippen molar-refractivity contribution in [2.24, 2.45) is 0 Å². The number of amides is 1. The van der Waals surface area contributed by atoms with Gasteiger partial charge in [0.05, 0.1) is 4.92 Å². The number of carbonyl (C=O) groups is 1. The first-order valence-electron chi connectivity index (χ1n) is 7.46. The van der Waals surface area contributed by atoms with E-state index in [2.05, 4.69) is 5.32 Å². The predicted molar refractivity (Wildman–Crippen MR) is 96.5 cm³/mol. The first-order chi connectivity index (χ1) is 12.7. The van der Waals surface area contributed by atoms with Gasteiger partial charge < -0.3 is 10.4 Å². The third-order valence-corrected chi connectivity index (χ3v) is 4.75. The Hall–Kier alpha value is -3.50. The molecule has 1 aliphatic rings. The number of rotatable bonds is 2. The minimum Gasteiger partial charge on any atom is -0.507 e. The summed E-state index contributed by atoms with van der Waals surface area (Å²) in [4.78, 5) is 20.6. The van der Waals surface area contributed by atoms with Gasteiger partial charge in [-0.15, -0.1) is 0 Å². The summed E-state index contributed by atoms with van der Waals surface area (Å²) in [6.07, 6.45) is 0. The van der Waals surface area contributed by atoms with Gasteiger partial charge in [0.25, 0.3) is 21.7 Å². The molecule has 1 aliphatic heterocycles. The highest BCUT2D eigenvalue weighted by Crippen LogP contribution is 2.30. The summed E-state index contributed by atoms with van der Waals surface area (Å²) in [7, 11) is -4.26. The largest absolute Gasteiger partial charge is 0.507 e. The second-order valence-electron chi connectivity index (χ2n) is 5.55. The Kier molecular flexibility index (Phi) is 4.52. The van der Waals surface area contributed by atoms with Crippen LogP contribution in [-0.2, 0) is 10.1 Å². The fourth-order valence-corrected chi connectivity index (χ4v) is 3.33. The predicted octanol–water partition coefficient (Wildman–Crippen LogP) is 2.95. The number of fused-ring (bicyclic) bond motifs is 3. The molecule has 27 heavy (non-hydrogen) atoms. The molecule has 1 amide bonds. The second-order valence-corrected chi connectivity index (χ2v) is 6.94. The molecule has 10 heteroatoms. The number of nitrogens with one attached hydrogen (secondary N) is 1. The van der Waals surface area contributed by atoms with E-state index in [9.17, 15) is 28.4 Å². The molecule has 4 rings (SSSR count). The Morgan fingerprint density at radius 1 is 1.00 bits per heavy atom. The zero-order valence-corrected chi connectivity index (χ0v) is 14.3. The van der Waals surface area contributed by atoms with Crippen molar-refractivity contribution in [3.63, 3.8) is 0 Å². The molecule has 0 unspecified atom stereocenters. The first kappa shape index (κ1) is 18.3. The topological polar surface area (TPSA) is 147 Å². The second kappa shape index (κ2) is 6.67. The van der Waals surface area contributed by atoms with Crippen molar-refractivity contribution >= 4 is 38.2 Å². The molecule has 0 saturated carbocycles. The number of phenolic OH excluding ortho intramolecular Hbond substituents is 1. The Labute approximate surface area is 152 Å². The molecule has 2 bridgehead atoms. The maximum absolute atomic E-state index is 11.0. The fourth-order valence-electron chi connectivity index (χ4n) is 2.62. The zero-order valence-electron chi connectivity index (χ0n) is 13.5. The van der Waals surface area contributed by atoms with E-state index >= 15 is 0 Å². The van der Waals surface area contributed by atoms with Gasteiger partial charge in [0.15, 0.2) is 0 Å². The van der Waals surface area contributed by atoms with Crippen LogP contribution in [0.1, 0.15) is 10.4 Å². The third-order valence-electron chi connectivity index (χ3n) is 3.84. The molecule has 0 radical (unpaired) electrons. The number of phenols is 1. The molecule has 0 atom stereocenters. The van der Waals surface area contributed by atoms with Gasteiger partial charge in [-0.05, 0) is 24.3 Å². The van der Waals surface area contributed by atoms with Crippen LogP contribution in [-0.4, -0.2) is 28.9 Å². The SMILES string of the molecule is O=C1Nc2cc1ccc2[N+](=O)[O-].O=S(=O)(O)c1cccc2c(O)cccc12. The van der Waals surface area contributed by atoms with Crippen molar-refractivity contribution in [2.45, 2.75) is 4.90 Å². The van der Waals surface area contributed by atoms with E-state index in [1.165, 1.54) is 48.5 Å². The van der Waals surface area contributed by atoms with Crippen molar-refractivity contribution in [3.8, 4) is 5.75 Å². The van der Waals surface area contributed by atoms with Crippen molar-refractivity contribution < 1.29 is 27.8 Å². The fraction of sp³-hybridized carbons (Fsp3) is 0. The van der Waals surface area contributed by atoms with Crippen LogP contribution >= 0.6 is 0 Å². The summed E-state index contributed by atoms with van der Waals surface area (Å²) in [6.45, 7) is 0. The lowest BCUT2D eigenvalue weighted by molar-refractivity contribution is -0.383. The Morgan fingerprint density at radius 2 is 1.67 bits per heavy atom. The average molecular weight is 388 g/mol. The Morgan fingerprint density at radius 3 is 2.33 bits per heavy atom. The van der Waals surface area contributed by atoms with Crippen molar-refractivity contribution in [3.05, 3.63) is 70.3 Å². The van der Waals surface area contributed by atoms with Crippen LogP contribution in [0, 0.1) is 10.1 Å². The molecule has 0 aliphatic carbocycles. The summed E-state index contributed by atoms with van der Waals surface area (Å²) in [6, 6.07) is 13.1. The number of carbonyl (C=O) groups excluding carboxylic acids is 1. The Balaban J connectivity index is 0.000000159. The summed E-state index contributed by atoms with van der Waals surface area (Å²) >= 11 is 0. The van der Waals surface area contributed by atoms with Gasteiger partial charge in [-0.3, -0.25) is 19.5 Å². The van der Waals surface area contributed by atoms with Crippen LogP contribution in [0.2, 0.25) is 0 Å². The van der Waals surface area contributed by atoms with Crippen LogP contribution in [0.5, 0.6) is 5.75 Å². The van der Waals surface area contributed by atoms with E-state index in [-0.39, 0.29) is 27.9 Å². The molecule has 9 nitrogen and oxygen atoms in total. The number of aromatic hydroxyl groups is 1. The van der Waals surface area contributed by atoms with Crippen LogP contribution in [0.3, 0.4) is 0 Å². The van der Waals surface area contributed by atoms with Crippen molar-refractivity contribution in [1.29, 1.82) is 0 Å². The summed E-state index contributed by atoms with van der Waals surface area (Å²) in [5.74, 6) is -0.295. The van der Waals surface area contributed by atoms with E-state index in [1.54, 1.807) is 6.07 Å². The van der Waals surface area contributed by atoms with Gasteiger partial charge in [-0.1, -0.05) is 24.3 Å². The average Bonchev–Trinajstić information content (AvgIpc) is 2.88. The van der Waals surface area contributed by atoms with Crippen LogP contribution in [0.25, 0.3) is 10.8 Å². The van der Waals surface area contributed by atoms with E-state index in [4.69, 9.17) is 4.55 Å². The van der Waals surface area contributed by atoms with Crippen molar-refractivity contribution in [2.75, 3.05) is 5.32 Å². The molecular formula is C17H12N2O7S. The van der Waals surface area contributed by atoms with Crippen LogP contribution in [0.15, 0.2) is 59.5 Å². The molecule has 3 aromatic rings. The molecule has 0 spiro atoms. The van der Waals surface area contributed by atoms with Gasteiger partial charge in [0, 0.05) is 22.4 Å². The highest BCUT2D eigenvalue weighted by Gasteiger charge is 2.23. The van der Waals surface area contributed by atoms with Gasteiger partial charge in [0.2, 0.25) is 0 Å². The summed E-state index contributed by atoms with van der Waals surface area (Å²) in [5, 5.41) is 22.9. The highest BCUT2D eigenvalue weighted by molar-refractivity contribution is 7.86. The number of benzene rings is 3. The molecule has 0 saturated heterocycles. The molecule has 0 aromatic heterocycles. The Bertz CT molecular complexity index is 1190. The molecule has 1 heterocycles. The lowest BCUT2D eigenvalue weighted by Gasteiger charge is -2.04. The maximum atomic E-state index is 11.0. The lowest BCUT2D eigenvalue weighted by atomic mass is 10.1. The lowest BCUT2D eigenvalue weighted by Crippen LogP contribution is -2.03. The number of anilines is 1. The highest BCUT2D eigenvalue weighted by atomic mass is 32.2. The van der Waals surface area contributed by atoms with Gasteiger partial charge >= 0.3 is 0 Å². The number of nitro groups is 1. The standard InChI is InChI=1S/C10H8O4S.C7H4N2O3/c11-9-5-1-4-8-7(9)3-2-6-10(8)15(12,13)14;10-7-4-1-2-6(9(11)12)5(3-4)8-7/h1-6,11H,(H,12,13,14);1-3H,(H,8,10). The smallest absolute Gasteiger partial charge is 0.295 e. The summed E-state index contributed by atoms with van der Waals surface area (Å²) in [5.41, 5.74) is 0.683. The normalized spacial score (nSPS) is 12.3. The van der Waals surface area contributed by atoms with Crippen LogP contribution in [0.4, 0.5) is 11.4 Å². The van der Waals surface area contributed by atoms with E-state index in [0.29, 0.717) is 16.3 Å². The van der Waals surface area contributed by atoms with E-state index < -0.39 is 15.0 Å².